The third-order valence-corrected chi connectivity index (χ3v) is 4.72. The molecule has 1 N–H and O–H groups in total. The van der Waals surface area contributed by atoms with Gasteiger partial charge in [-0.25, -0.2) is 0 Å². The fraction of sp³-hybridized carbons (Fsp3) is 0.211. The molecule has 0 saturated carbocycles. The molecule has 0 saturated heterocycles. The summed E-state index contributed by atoms with van der Waals surface area (Å²) < 4.78 is 6.21. The smallest absolute Gasteiger partial charge is 0.236 e. The van der Waals surface area contributed by atoms with Gasteiger partial charge in [-0.15, -0.1) is 0 Å². The third kappa shape index (κ3) is 1.59. The highest BCUT2D eigenvalue weighted by Crippen LogP contribution is 2.52. The molecular formula is C19H17NO2. The Balaban J connectivity index is 1.84. The van der Waals surface area contributed by atoms with Gasteiger partial charge in [0.25, 0.3) is 0 Å². The van der Waals surface area contributed by atoms with Crippen LogP contribution in [0.1, 0.15) is 29.5 Å². The first-order chi connectivity index (χ1) is 10.5. The minimum atomic E-state index is -0.757. The Morgan fingerprint density at radius 2 is 2.00 bits per heavy atom. The molecule has 0 aromatic heterocycles. The first-order valence-electron chi connectivity index (χ1n) is 7.40. The lowest BCUT2D eigenvalue weighted by Crippen LogP contribution is -2.40. The van der Waals surface area contributed by atoms with Crippen molar-refractivity contribution in [1.82, 2.24) is 0 Å². The molecule has 4 rings (SSSR count). The van der Waals surface area contributed by atoms with E-state index in [2.05, 4.69) is 18.0 Å². The molecule has 3 heteroatoms. The topological polar surface area (TPSA) is 38.3 Å². The summed E-state index contributed by atoms with van der Waals surface area (Å²) in [7, 11) is 0. The zero-order chi connectivity index (χ0) is 15.5. The van der Waals surface area contributed by atoms with Crippen LogP contribution >= 0.6 is 0 Å². The first kappa shape index (κ1) is 13.1. The lowest BCUT2D eigenvalue weighted by atomic mass is 9.78. The predicted molar refractivity (Wildman–Crippen MR) is 87.1 cm³/mol. The molecule has 2 atom stereocenters. The minimum Gasteiger partial charge on any atom is -0.481 e. The minimum absolute atomic E-state index is 0.0330. The fourth-order valence-corrected chi connectivity index (χ4v) is 3.51. The van der Waals surface area contributed by atoms with Crippen LogP contribution in [0.25, 0.3) is 5.57 Å². The first-order valence-corrected chi connectivity index (χ1v) is 7.40. The SMILES string of the molecule is C=C1c2cc(C)ccc2O[C@]1(C)[C@H]1C(=O)Nc2ccccc21. The summed E-state index contributed by atoms with van der Waals surface area (Å²) >= 11 is 0. The molecule has 0 bridgehead atoms. The number of hydrogen-bond acceptors (Lipinski definition) is 2. The monoisotopic (exact) mass is 291 g/mol. The number of hydrogen-bond donors (Lipinski definition) is 1. The Bertz CT molecular complexity index is 824. The van der Waals surface area contributed by atoms with Crippen LogP contribution in [0.5, 0.6) is 5.75 Å². The number of amides is 1. The van der Waals surface area contributed by atoms with E-state index in [0.29, 0.717) is 0 Å². The van der Waals surface area contributed by atoms with E-state index in [1.807, 2.05) is 50.2 Å². The Kier molecular flexibility index (Phi) is 2.52. The maximum Gasteiger partial charge on any atom is 0.236 e. The van der Waals surface area contributed by atoms with E-state index < -0.39 is 5.60 Å². The molecule has 2 aromatic rings. The van der Waals surface area contributed by atoms with Crippen LogP contribution in [0.3, 0.4) is 0 Å². The van der Waals surface area contributed by atoms with Gasteiger partial charge in [0.05, 0.1) is 0 Å². The van der Waals surface area contributed by atoms with Crippen LogP contribution < -0.4 is 10.1 Å². The van der Waals surface area contributed by atoms with Crippen molar-refractivity contribution in [1.29, 1.82) is 0 Å². The van der Waals surface area contributed by atoms with Gasteiger partial charge < -0.3 is 10.1 Å². The number of aryl methyl sites for hydroxylation is 1. The van der Waals surface area contributed by atoms with Crippen LogP contribution in [0.2, 0.25) is 0 Å². The largest absolute Gasteiger partial charge is 0.481 e. The Hall–Kier alpha value is -2.55. The van der Waals surface area contributed by atoms with E-state index in [-0.39, 0.29) is 11.8 Å². The molecule has 3 nitrogen and oxygen atoms in total. The van der Waals surface area contributed by atoms with Crippen LogP contribution in [0, 0.1) is 6.92 Å². The highest BCUT2D eigenvalue weighted by molar-refractivity contribution is 6.06. The second-order valence-electron chi connectivity index (χ2n) is 6.20. The molecule has 22 heavy (non-hydrogen) atoms. The van der Waals surface area contributed by atoms with Gasteiger partial charge in [-0.2, -0.15) is 0 Å². The molecule has 0 fully saturated rings. The molecule has 2 aromatic carbocycles. The molecule has 2 aliphatic rings. The van der Waals surface area contributed by atoms with Gasteiger partial charge in [0.15, 0.2) is 0 Å². The van der Waals surface area contributed by atoms with Crippen LogP contribution in [0.4, 0.5) is 5.69 Å². The maximum atomic E-state index is 12.6. The number of anilines is 1. The Morgan fingerprint density at radius 3 is 2.82 bits per heavy atom. The zero-order valence-corrected chi connectivity index (χ0v) is 12.6. The van der Waals surface area contributed by atoms with Gasteiger partial charge in [0, 0.05) is 16.8 Å². The van der Waals surface area contributed by atoms with E-state index in [1.165, 1.54) is 0 Å². The Morgan fingerprint density at radius 1 is 1.23 bits per heavy atom. The second kappa shape index (κ2) is 4.23. The molecule has 0 spiro atoms. The summed E-state index contributed by atoms with van der Waals surface area (Å²) in [5.41, 5.74) is 4.10. The van der Waals surface area contributed by atoms with Crippen molar-refractivity contribution in [3.05, 3.63) is 65.7 Å². The van der Waals surface area contributed by atoms with Crippen LogP contribution in [-0.2, 0) is 4.79 Å². The summed E-state index contributed by atoms with van der Waals surface area (Å²) in [5.74, 6) is 0.383. The zero-order valence-electron chi connectivity index (χ0n) is 12.6. The summed E-state index contributed by atoms with van der Waals surface area (Å²) in [6.07, 6.45) is 0. The van der Waals surface area contributed by atoms with Crippen molar-refractivity contribution >= 4 is 17.2 Å². The Labute approximate surface area is 129 Å². The average molecular weight is 291 g/mol. The van der Waals surface area contributed by atoms with E-state index in [4.69, 9.17) is 4.74 Å². The van der Waals surface area contributed by atoms with Crippen LogP contribution in [-0.4, -0.2) is 11.5 Å². The standard InChI is InChI=1S/C19H17NO2/c1-11-8-9-16-14(10-11)12(2)19(3,22-16)17-13-6-4-5-7-15(13)20-18(17)21/h4-10,17H,2H2,1,3H3,(H,20,21)/t17-,19+/m1/s1. The number of benzene rings is 2. The number of ether oxygens (including phenoxy) is 1. The normalized spacial score (nSPS) is 25.5. The molecule has 2 heterocycles. The number of rotatable bonds is 1. The van der Waals surface area contributed by atoms with Crippen molar-refractivity contribution in [2.75, 3.05) is 5.32 Å². The van der Waals surface area contributed by atoms with Crippen molar-refractivity contribution in [2.45, 2.75) is 25.4 Å². The lowest BCUT2D eigenvalue weighted by Gasteiger charge is -2.30. The van der Waals surface area contributed by atoms with Gasteiger partial charge in [0.1, 0.15) is 17.3 Å². The molecule has 0 radical (unpaired) electrons. The quantitative estimate of drug-likeness (QED) is 0.865. The van der Waals surface area contributed by atoms with Gasteiger partial charge in [0.2, 0.25) is 5.91 Å². The second-order valence-corrected chi connectivity index (χ2v) is 6.20. The van der Waals surface area contributed by atoms with Crippen molar-refractivity contribution in [3.63, 3.8) is 0 Å². The lowest BCUT2D eigenvalue weighted by molar-refractivity contribution is -0.119. The van der Waals surface area contributed by atoms with Gasteiger partial charge >= 0.3 is 0 Å². The molecule has 110 valence electrons. The van der Waals surface area contributed by atoms with Crippen LogP contribution in [0.15, 0.2) is 49.0 Å². The van der Waals surface area contributed by atoms with Gasteiger partial charge in [-0.3, -0.25) is 4.79 Å². The van der Waals surface area contributed by atoms with Crippen molar-refractivity contribution < 1.29 is 9.53 Å². The summed E-state index contributed by atoms with van der Waals surface area (Å²) in [4.78, 5) is 12.6. The highest BCUT2D eigenvalue weighted by Gasteiger charge is 2.52. The van der Waals surface area contributed by atoms with Crippen molar-refractivity contribution in [2.24, 2.45) is 0 Å². The summed E-state index contributed by atoms with van der Waals surface area (Å²) in [6.45, 7) is 8.23. The number of fused-ring (bicyclic) bond motifs is 2. The van der Waals surface area contributed by atoms with Crippen molar-refractivity contribution in [3.8, 4) is 5.75 Å². The van der Waals surface area contributed by atoms with E-state index in [1.54, 1.807) is 0 Å². The molecule has 2 aliphatic heterocycles. The third-order valence-electron chi connectivity index (χ3n) is 4.72. The van der Waals surface area contributed by atoms with Gasteiger partial charge in [-0.1, -0.05) is 36.4 Å². The number of carbonyl (C=O) groups excluding carboxylic acids is 1. The number of nitrogens with one attached hydrogen (secondary N) is 1. The number of carbonyl (C=O) groups is 1. The fourth-order valence-electron chi connectivity index (χ4n) is 3.51. The molecule has 0 unspecified atom stereocenters. The van der Waals surface area contributed by atoms with E-state index >= 15 is 0 Å². The van der Waals surface area contributed by atoms with E-state index in [9.17, 15) is 4.79 Å². The average Bonchev–Trinajstić information content (AvgIpc) is 2.95. The predicted octanol–water partition coefficient (Wildman–Crippen LogP) is 3.90. The molecule has 1 amide bonds. The maximum absolute atomic E-state index is 12.6. The summed E-state index contributed by atoms with van der Waals surface area (Å²) in [5, 5.41) is 2.95. The highest BCUT2D eigenvalue weighted by atomic mass is 16.5. The molecule has 0 aliphatic carbocycles. The van der Waals surface area contributed by atoms with Gasteiger partial charge in [-0.05, 0) is 37.6 Å². The number of para-hydroxylation sites is 1. The summed E-state index contributed by atoms with van der Waals surface area (Å²) in [6, 6.07) is 13.8. The molecular weight excluding hydrogens is 274 g/mol. The van der Waals surface area contributed by atoms with E-state index in [0.717, 1.165) is 33.7 Å².